The molecule has 0 spiro atoms. The van der Waals surface area contributed by atoms with E-state index in [2.05, 4.69) is 17.4 Å². The zero-order chi connectivity index (χ0) is 10.1. The SMILES string of the molecule is CS(=O)(=O)Nc1cc(S)ccc1O. The molecule has 0 saturated heterocycles. The molecule has 0 atom stereocenters. The minimum atomic E-state index is -3.36. The second-order valence-electron chi connectivity index (χ2n) is 2.58. The van der Waals surface area contributed by atoms with Gasteiger partial charge in [-0.1, -0.05) is 0 Å². The standard InChI is InChI=1S/C7H9NO3S2/c1-13(10,11)8-6-4-5(12)2-3-7(6)9/h2-4,8-9,12H,1H3. The number of sulfonamides is 1. The summed E-state index contributed by atoms with van der Waals surface area (Å²) in [6.07, 6.45) is 1.01. The van der Waals surface area contributed by atoms with Crippen LogP contribution in [0.1, 0.15) is 0 Å². The van der Waals surface area contributed by atoms with Crippen LogP contribution >= 0.6 is 12.6 Å². The van der Waals surface area contributed by atoms with Crippen LogP contribution in [0, 0.1) is 0 Å². The molecule has 0 bridgehead atoms. The van der Waals surface area contributed by atoms with E-state index in [1.807, 2.05) is 0 Å². The molecule has 0 radical (unpaired) electrons. The number of benzene rings is 1. The van der Waals surface area contributed by atoms with Crippen LogP contribution in [-0.2, 0) is 10.0 Å². The molecule has 0 aliphatic rings. The molecule has 0 aromatic heterocycles. The Kier molecular flexibility index (Phi) is 2.72. The first-order valence-corrected chi connectivity index (χ1v) is 5.72. The molecule has 1 rings (SSSR count). The Bertz CT molecular complexity index is 414. The molecule has 0 aliphatic carbocycles. The lowest BCUT2D eigenvalue weighted by molar-refractivity contribution is 0.477. The lowest BCUT2D eigenvalue weighted by Crippen LogP contribution is -2.09. The molecule has 1 aromatic rings. The van der Waals surface area contributed by atoms with Crippen LogP contribution in [0.15, 0.2) is 23.1 Å². The summed E-state index contributed by atoms with van der Waals surface area (Å²) in [6, 6.07) is 4.36. The van der Waals surface area contributed by atoms with Gasteiger partial charge in [0.25, 0.3) is 0 Å². The molecule has 0 aliphatic heterocycles. The van der Waals surface area contributed by atoms with Gasteiger partial charge in [-0.3, -0.25) is 4.72 Å². The van der Waals surface area contributed by atoms with E-state index in [0.29, 0.717) is 4.90 Å². The third-order valence-corrected chi connectivity index (χ3v) is 2.14. The topological polar surface area (TPSA) is 66.4 Å². The van der Waals surface area contributed by atoms with E-state index in [4.69, 9.17) is 0 Å². The Morgan fingerprint density at radius 3 is 2.62 bits per heavy atom. The molecule has 1 aromatic carbocycles. The Balaban J connectivity index is 3.08. The summed E-state index contributed by atoms with van der Waals surface area (Å²) in [6.45, 7) is 0. The number of thiol groups is 1. The van der Waals surface area contributed by atoms with Crippen LogP contribution in [0.4, 0.5) is 5.69 Å². The monoisotopic (exact) mass is 219 g/mol. The van der Waals surface area contributed by atoms with Crippen molar-refractivity contribution in [1.82, 2.24) is 0 Å². The lowest BCUT2D eigenvalue weighted by Gasteiger charge is -2.06. The van der Waals surface area contributed by atoms with Crippen LogP contribution in [0.25, 0.3) is 0 Å². The zero-order valence-electron chi connectivity index (χ0n) is 6.85. The predicted octanol–water partition coefficient (Wildman–Crippen LogP) is 1.05. The van der Waals surface area contributed by atoms with E-state index in [9.17, 15) is 13.5 Å². The molecular formula is C7H9NO3S2. The van der Waals surface area contributed by atoms with Crippen molar-refractivity contribution in [1.29, 1.82) is 0 Å². The van der Waals surface area contributed by atoms with Crippen LogP contribution in [0.2, 0.25) is 0 Å². The van der Waals surface area contributed by atoms with Crippen LogP contribution < -0.4 is 4.72 Å². The summed E-state index contributed by atoms with van der Waals surface area (Å²) in [5.74, 6) is -0.122. The first-order valence-electron chi connectivity index (χ1n) is 3.38. The van der Waals surface area contributed by atoms with E-state index < -0.39 is 10.0 Å². The fourth-order valence-electron chi connectivity index (χ4n) is 0.806. The molecular weight excluding hydrogens is 210 g/mol. The van der Waals surface area contributed by atoms with Gasteiger partial charge in [-0.05, 0) is 18.2 Å². The average molecular weight is 219 g/mol. The molecule has 0 fully saturated rings. The van der Waals surface area contributed by atoms with E-state index in [-0.39, 0.29) is 11.4 Å². The number of hydrogen-bond donors (Lipinski definition) is 3. The molecule has 6 heteroatoms. The molecule has 13 heavy (non-hydrogen) atoms. The number of nitrogens with one attached hydrogen (secondary N) is 1. The summed E-state index contributed by atoms with van der Waals surface area (Å²) in [4.78, 5) is 0.573. The van der Waals surface area contributed by atoms with Gasteiger partial charge in [-0.2, -0.15) is 0 Å². The van der Waals surface area contributed by atoms with E-state index in [1.54, 1.807) is 6.07 Å². The second-order valence-corrected chi connectivity index (χ2v) is 4.84. The molecule has 0 heterocycles. The second kappa shape index (κ2) is 3.47. The van der Waals surface area contributed by atoms with Gasteiger partial charge in [0.15, 0.2) is 0 Å². The normalized spacial score (nSPS) is 11.2. The van der Waals surface area contributed by atoms with Crippen LogP contribution in [0.5, 0.6) is 5.75 Å². The number of phenols is 1. The summed E-state index contributed by atoms with van der Waals surface area (Å²) in [5, 5.41) is 9.24. The number of phenolic OH excluding ortho intramolecular Hbond substituents is 1. The van der Waals surface area contributed by atoms with Gasteiger partial charge < -0.3 is 5.11 Å². The fraction of sp³-hybridized carbons (Fsp3) is 0.143. The van der Waals surface area contributed by atoms with Gasteiger partial charge in [0.05, 0.1) is 11.9 Å². The van der Waals surface area contributed by atoms with Crippen molar-refractivity contribution < 1.29 is 13.5 Å². The van der Waals surface area contributed by atoms with Crippen molar-refractivity contribution in [2.75, 3.05) is 11.0 Å². The highest BCUT2D eigenvalue weighted by molar-refractivity contribution is 7.92. The summed E-state index contributed by atoms with van der Waals surface area (Å²) < 4.78 is 23.8. The van der Waals surface area contributed by atoms with E-state index in [0.717, 1.165) is 6.26 Å². The Morgan fingerprint density at radius 1 is 1.46 bits per heavy atom. The molecule has 0 amide bonds. The first kappa shape index (κ1) is 10.2. The van der Waals surface area contributed by atoms with Gasteiger partial charge in [-0.15, -0.1) is 12.6 Å². The quantitative estimate of drug-likeness (QED) is 0.514. The van der Waals surface area contributed by atoms with Crippen molar-refractivity contribution >= 4 is 28.3 Å². The summed E-state index contributed by atoms with van der Waals surface area (Å²) in [7, 11) is -3.36. The Morgan fingerprint density at radius 2 is 2.08 bits per heavy atom. The highest BCUT2D eigenvalue weighted by Gasteiger charge is 2.06. The maximum atomic E-state index is 10.8. The molecule has 0 unspecified atom stereocenters. The molecule has 4 nitrogen and oxygen atoms in total. The maximum Gasteiger partial charge on any atom is 0.229 e. The minimum absolute atomic E-state index is 0.122. The number of aromatic hydroxyl groups is 1. The molecule has 2 N–H and O–H groups in total. The third kappa shape index (κ3) is 3.16. The van der Waals surface area contributed by atoms with E-state index >= 15 is 0 Å². The third-order valence-electron chi connectivity index (χ3n) is 1.28. The van der Waals surface area contributed by atoms with Gasteiger partial charge in [0.2, 0.25) is 10.0 Å². The Hall–Kier alpha value is -0.880. The van der Waals surface area contributed by atoms with Gasteiger partial charge >= 0.3 is 0 Å². The molecule has 72 valence electrons. The van der Waals surface area contributed by atoms with E-state index in [1.165, 1.54) is 12.1 Å². The largest absolute Gasteiger partial charge is 0.506 e. The highest BCUT2D eigenvalue weighted by Crippen LogP contribution is 2.26. The van der Waals surface area contributed by atoms with Gasteiger partial charge in [-0.25, -0.2) is 8.42 Å². The molecule has 0 saturated carbocycles. The number of anilines is 1. The zero-order valence-corrected chi connectivity index (χ0v) is 8.56. The lowest BCUT2D eigenvalue weighted by atomic mass is 10.3. The first-order chi connectivity index (χ1) is 5.88. The van der Waals surface area contributed by atoms with Crippen LogP contribution in [-0.4, -0.2) is 19.8 Å². The van der Waals surface area contributed by atoms with Gasteiger partial charge in [0.1, 0.15) is 5.75 Å². The number of rotatable bonds is 2. The van der Waals surface area contributed by atoms with Crippen molar-refractivity contribution in [3.8, 4) is 5.75 Å². The van der Waals surface area contributed by atoms with Gasteiger partial charge in [0, 0.05) is 4.90 Å². The van der Waals surface area contributed by atoms with Crippen molar-refractivity contribution in [3.05, 3.63) is 18.2 Å². The predicted molar refractivity (Wildman–Crippen MR) is 53.8 cm³/mol. The highest BCUT2D eigenvalue weighted by atomic mass is 32.2. The minimum Gasteiger partial charge on any atom is -0.506 e. The fourth-order valence-corrected chi connectivity index (χ4v) is 1.57. The number of hydrogen-bond acceptors (Lipinski definition) is 4. The summed E-state index contributed by atoms with van der Waals surface area (Å²) >= 11 is 4.01. The Labute approximate surface area is 82.1 Å². The van der Waals surface area contributed by atoms with Crippen molar-refractivity contribution in [3.63, 3.8) is 0 Å². The van der Waals surface area contributed by atoms with Crippen molar-refractivity contribution in [2.24, 2.45) is 0 Å². The van der Waals surface area contributed by atoms with Crippen LogP contribution in [0.3, 0.4) is 0 Å². The van der Waals surface area contributed by atoms with Crippen molar-refractivity contribution in [2.45, 2.75) is 4.90 Å². The maximum absolute atomic E-state index is 10.8. The smallest absolute Gasteiger partial charge is 0.229 e. The summed E-state index contributed by atoms with van der Waals surface area (Å²) in [5.41, 5.74) is 0.134. The average Bonchev–Trinajstić information content (AvgIpc) is 1.94.